The van der Waals surface area contributed by atoms with Gasteiger partial charge in [0.05, 0.1) is 51.3 Å². The van der Waals surface area contributed by atoms with Crippen molar-refractivity contribution in [1.29, 1.82) is 5.26 Å². The molecule has 0 bridgehead atoms. The highest BCUT2D eigenvalue weighted by Gasteiger charge is 2.31. The van der Waals surface area contributed by atoms with E-state index < -0.39 is 0 Å². The lowest BCUT2D eigenvalue weighted by Crippen LogP contribution is -2.24. The average molecular weight is 563 g/mol. The molecule has 8 rings (SSSR count). The number of rotatable bonds is 4. The molecule has 0 spiro atoms. The van der Waals surface area contributed by atoms with E-state index in [1.54, 1.807) is 0 Å². The molecule has 2 heterocycles. The number of hydrogen-bond donors (Lipinski definition) is 0. The quantitative estimate of drug-likeness (QED) is 0.214. The van der Waals surface area contributed by atoms with E-state index in [9.17, 15) is 5.26 Å². The van der Waals surface area contributed by atoms with Crippen LogP contribution in [0.5, 0.6) is 0 Å². The molecule has 0 unspecified atom stereocenters. The van der Waals surface area contributed by atoms with Gasteiger partial charge in [0.25, 0.3) is 0 Å². The van der Waals surface area contributed by atoms with Crippen molar-refractivity contribution in [2.45, 2.75) is 0 Å². The number of nitriles is 1. The Kier molecular flexibility index (Phi) is 6.14. The van der Waals surface area contributed by atoms with E-state index in [1.165, 1.54) is 0 Å². The molecule has 44 heavy (non-hydrogen) atoms. The Balaban J connectivity index is 1.41. The third-order valence-corrected chi connectivity index (χ3v) is 8.20. The summed E-state index contributed by atoms with van der Waals surface area (Å²) in [5, 5.41) is 10.5. The van der Waals surface area contributed by atoms with Gasteiger partial charge in [-0.1, -0.05) is 97.1 Å². The van der Waals surface area contributed by atoms with Gasteiger partial charge in [0, 0.05) is 16.6 Å². The fourth-order valence-electron chi connectivity index (χ4n) is 6.19. The van der Waals surface area contributed by atoms with Gasteiger partial charge in [-0.3, -0.25) is 0 Å². The molecule has 6 aromatic carbocycles. The van der Waals surface area contributed by atoms with Crippen molar-refractivity contribution >= 4 is 45.0 Å². The summed E-state index contributed by atoms with van der Waals surface area (Å²) in [5.41, 5.74) is 12.1. The molecule has 7 aromatic rings. The van der Waals surface area contributed by atoms with Crippen molar-refractivity contribution < 1.29 is 0 Å². The zero-order valence-electron chi connectivity index (χ0n) is 23.8. The molecule has 206 valence electrons. The summed E-state index contributed by atoms with van der Waals surface area (Å²) in [6, 6.07) is 56.6. The maximum atomic E-state index is 9.39. The largest absolute Gasteiger partial charge is 0.306 e. The Labute approximate surface area is 256 Å². The first-order chi connectivity index (χ1) is 21.8. The van der Waals surface area contributed by atoms with Gasteiger partial charge in [-0.25, -0.2) is 4.98 Å². The predicted octanol–water partition coefficient (Wildman–Crippen LogP) is 10.7. The van der Waals surface area contributed by atoms with Crippen LogP contribution < -0.4 is 9.80 Å². The third-order valence-electron chi connectivity index (χ3n) is 8.20. The van der Waals surface area contributed by atoms with E-state index in [1.807, 2.05) is 30.3 Å². The maximum absolute atomic E-state index is 9.39. The molecular weight excluding hydrogens is 536 g/mol. The van der Waals surface area contributed by atoms with E-state index in [-0.39, 0.29) is 0 Å². The highest BCUT2D eigenvalue weighted by Crippen LogP contribution is 2.55. The van der Waals surface area contributed by atoms with Gasteiger partial charge in [-0.05, 0) is 71.8 Å². The van der Waals surface area contributed by atoms with Crippen molar-refractivity contribution in [1.82, 2.24) is 4.98 Å². The number of pyridine rings is 1. The van der Waals surface area contributed by atoms with E-state index >= 15 is 0 Å². The second-order valence-corrected chi connectivity index (χ2v) is 10.8. The summed E-state index contributed by atoms with van der Waals surface area (Å²) in [7, 11) is 0. The van der Waals surface area contributed by atoms with Gasteiger partial charge in [-0.2, -0.15) is 5.26 Å². The number of hydrogen-bond acceptors (Lipinski definition) is 4. The van der Waals surface area contributed by atoms with Crippen molar-refractivity contribution in [3.8, 4) is 28.5 Å². The zero-order valence-corrected chi connectivity index (χ0v) is 23.8. The Hall–Kier alpha value is -6.18. The fourth-order valence-corrected chi connectivity index (χ4v) is 6.19. The van der Waals surface area contributed by atoms with Crippen LogP contribution >= 0.6 is 0 Å². The smallest absolute Gasteiger partial charge is 0.0991 e. The van der Waals surface area contributed by atoms with Gasteiger partial charge in [0.15, 0.2) is 0 Å². The molecule has 0 atom stereocenters. The van der Waals surface area contributed by atoms with Crippen LogP contribution in [0.15, 0.2) is 158 Å². The molecule has 0 N–H and O–H groups in total. The van der Waals surface area contributed by atoms with Crippen LogP contribution in [0.4, 0.5) is 34.1 Å². The second kappa shape index (κ2) is 10.6. The topological polar surface area (TPSA) is 43.2 Å². The number of aromatic nitrogens is 1. The molecule has 1 aromatic heterocycles. The first-order valence-corrected chi connectivity index (χ1v) is 14.6. The minimum atomic E-state index is 0.628. The van der Waals surface area contributed by atoms with E-state index in [0.29, 0.717) is 5.56 Å². The Morgan fingerprint density at radius 3 is 1.64 bits per heavy atom. The second-order valence-electron chi connectivity index (χ2n) is 10.8. The Morgan fingerprint density at radius 1 is 0.477 bits per heavy atom. The first kappa shape index (κ1) is 25.5. The SMILES string of the molecule is N#Cc1ccc(-c2cc(-c3ccccc3)c3cccc(N4c5ccccc5N(c5ccccc5)c5ccccc54)c3n2)cc1. The zero-order chi connectivity index (χ0) is 29.5. The van der Waals surface area contributed by atoms with Crippen LogP contribution in [0.25, 0.3) is 33.3 Å². The summed E-state index contributed by atoms with van der Waals surface area (Å²) < 4.78 is 0. The van der Waals surface area contributed by atoms with Crippen molar-refractivity contribution in [2.24, 2.45) is 0 Å². The van der Waals surface area contributed by atoms with Crippen molar-refractivity contribution in [3.05, 3.63) is 163 Å². The molecule has 4 heteroatoms. The standard InChI is InChI=1S/C40H26N4/c41-27-28-22-24-30(25-23-28)34-26-33(29-12-3-1-4-13-29)32-16-11-21-39(40(32)42-34)44-37-19-9-7-17-35(37)43(31-14-5-2-6-15-31)36-18-8-10-20-38(36)44/h1-26H. The monoisotopic (exact) mass is 562 g/mol. The summed E-state index contributed by atoms with van der Waals surface area (Å²) in [5.74, 6) is 0. The molecule has 0 saturated heterocycles. The summed E-state index contributed by atoms with van der Waals surface area (Å²) in [6.07, 6.45) is 0. The highest BCUT2D eigenvalue weighted by molar-refractivity contribution is 6.09. The lowest BCUT2D eigenvalue weighted by Gasteiger charge is -2.40. The summed E-state index contributed by atoms with van der Waals surface area (Å²) >= 11 is 0. The molecule has 0 saturated carbocycles. The minimum Gasteiger partial charge on any atom is -0.306 e. The average Bonchev–Trinajstić information content (AvgIpc) is 3.10. The van der Waals surface area contributed by atoms with Gasteiger partial charge in [0.2, 0.25) is 0 Å². The van der Waals surface area contributed by atoms with Gasteiger partial charge in [-0.15, -0.1) is 0 Å². The molecule has 1 aliphatic rings. The van der Waals surface area contributed by atoms with Crippen molar-refractivity contribution in [3.63, 3.8) is 0 Å². The van der Waals surface area contributed by atoms with E-state index in [0.717, 1.165) is 67.4 Å². The van der Waals surface area contributed by atoms with E-state index in [4.69, 9.17) is 4.98 Å². The molecule has 0 fully saturated rings. The molecule has 0 radical (unpaired) electrons. The molecular formula is C40H26N4. The molecule has 0 aliphatic carbocycles. The van der Waals surface area contributed by atoms with Crippen LogP contribution in [0.2, 0.25) is 0 Å². The minimum absolute atomic E-state index is 0.628. The summed E-state index contributed by atoms with van der Waals surface area (Å²) in [6.45, 7) is 0. The molecule has 1 aliphatic heterocycles. The van der Waals surface area contributed by atoms with Crippen LogP contribution in [-0.2, 0) is 0 Å². The fraction of sp³-hybridized carbons (Fsp3) is 0. The maximum Gasteiger partial charge on any atom is 0.0991 e. The van der Waals surface area contributed by atoms with Crippen molar-refractivity contribution in [2.75, 3.05) is 9.80 Å². The van der Waals surface area contributed by atoms with Crippen LogP contribution in [-0.4, -0.2) is 4.98 Å². The lowest BCUT2D eigenvalue weighted by atomic mass is 9.96. The summed E-state index contributed by atoms with van der Waals surface area (Å²) in [4.78, 5) is 10.0. The normalized spacial score (nSPS) is 12.0. The molecule has 4 nitrogen and oxygen atoms in total. The highest BCUT2D eigenvalue weighted by atomic mass is 15.3. The number of para-hydroxylation sites is 6. The number of benzene rings is 6. The Morgan fingerprint density at radius 2 is 1.02 bits per heavy atom. The van der Waals surface area contributed by atoms with Crippen LogP contribution in [0.1, 0.15) is 5.56 Å². The number of nitrogens with zero attached hydrogens (tertiary/aromatic N) is 4. The number of fused-ring (bicyclic) bond motifs is 3. The van der Waals surface area contributed by atoms with Crippen LogP contribution in [0.3, 0.4) is 0 Å². The van der Waals surface area contributed by atoms with E-state index in [2.05, 4.69) is 143 Å². The molecule has 0 amide bonds. The lowest BCUT2D eigenvalue weighted by molar-refractivity contribution is 1.17. The third kappa shape index (κ3) is 4.19. The van der Waals surface area contributed by atoms with Gasteiger partial charge >= 0.3 is 0 Å². The predicted molar refractivity (Wildman–Crippen MR) is 180 cm³/mol. The Bertz CT molecular complexity index is 2140. The van der Waals surface area contributed by atoms with Gasteiger partial charge in [0.1, 0.15) is 0 Å². The van der Waals surface area contributed by atoms with Gasteiger partial charge < -0.3 is 9.80 Å². The first-order valence-electron chi connectivity index (χ1n) is 14.6. The number of anilines is 6. The van der Waals surface area contributed by atoms with Crippen LogP contribution in [0, 0.1) is 11.3 Å².